The summed E-state index contributed by atoms with van der Waals surface area (Å²) in [5, 5.41) is 9.91. The Morgan fingerprint density at radius 1 is 1.35 bits per heavy atom. The minimum Gasteiger partial charge on any atom is -0.465 e. The van der Waals surface area contributed by atoms with Crippen LogP contribution in [-0.4, -0.2) is 27.7 Å². The van der Waals surface area contributed by atoms with Crippen molar-refractivity contribution in [1.29, 1.82) is 0 Å². The van der Waals surface area contributed by atoms with Gasteiger partial charge < -0.3 is 14.4 Å². The number of carbonyl (C=O) groups excluding carboxylic acids is 1. The number of aromatic nitrogens is 2. The van der Waals surface area contributed by atoms with Crippen molar-refractivity contribution in [2.24, 2.45) is 0 Å². The summed E-state index contributed by atoms with van der Waals surface area (Å²) in [5.41, 5.74) is 2.13. The normalized spacial score (nSPS) is 10.8. The fraction of sp³-hybridized carbons (Fsp3) is 0.412. The van der Waals surface area contributed by atoms with Crippen LogP contribution in [0.1, 0.15) is 47.2 Å². The van der Waals surface area contributed by atoms with Crippen LogP contribution in [0.2, 0.25) is 5.15 Å². The number of nitrogens with zero attached hydrogens (tertiary/aromatic N) is 2. The van der Waals surface area contributed by atoms with Crippen molar-refractivity contribution in [2.75, 3.05) is 7.11 Å². The predicted molar refractivity (Wildman–Crippen MR) is 88.7 cm³/mol. The van der Waals surface area contributed by atoms with Gasteiger partial charge in [0.1, 0.15) is 5.82 Å². The summed E-state index contributed by atoms with van der Waals surface area (Å²) in [6, 6.07) is 7.18. The van der Waals surface area contributed by atoms with Crippen molar-refractivity contribution in [1.82, 2.24) is 9.55 Å². The van der Waals surface area contributed by atoms with Gasteiger partial charge in [-0.25, -0.2) is 9.78 Å². The molecular weight excluding hydrogens is 316 g/mol. The Kier molecular flexibility index (Phi) is 6.19. The zero-order valence-corrected chi connectivity index (χ0v) is 14.1. The van der Waals surface area contributed by atoms with Crippen LogP contribution in [-0.2, 0) is 24.3 Å². The standard InChI is InChI=1S/C17H21ClN2O3/c1-3-4-5-15-19-16(18)14(11-21)20(15)10-12-6-8-13(9-7-12)17(22)23-2/h6-9,21H,3-5,10-11H2,1-2H3. The summed E-state index contributed by atoms with van der Waals surface area (Å²) in [6.45, 7) is 2.52. The maximum Gasteiger partial charge on any atom is 0.337 e. The number of methoxy groups -OCH3 is 1. The Hall–Kier alpha value is -1.85. The minimum absolute atomic E-state index is 0.155. The molecule has 0 aliphatic carbocycles. The topological polar surface area (TPSA) is 64.4 Å². The third-order valence-corrected chi connectivity index (χ3v) is 4.02. The Bertz CT molecular complexity index is 665. The van der Waals surface area contributed by atoms with Crippen LogP contribution in [0.25, 0.3) is 0 Å². The number of unbranched alkanes of at least 4 members (excludes halogenated alkanes) is 1. The highest BCUT2D eigenvalue weighted by molar-refractivity contribution is 6.30. The molecule has 2 aromatic rings. The van der Waals surface area contributed by atoms with Gasteiger partial charge >= 0.3 is 5.97 Å². The van der Waals surface area contributed by atoms with Crippen molar-refractivity contribution in [3.63, 3.8) is 0 Å². The predicted octanol–water partition coefficient (Wildman–Crippen LogP) is 3.21. The van der Waals surface area contributed by atoms with Crippen LogP contribution in [0.15, 0.2) is 24.3 Å². The van der Waals surface area contributed by atoms with E-state index in [9.17, 15) is 9.90 Å². The van der Waals surface area contributed by atoms with E-state index in [1.807, 2.05) is 16.7 Å². The summed E-state index contributed by atoms with van der Waals surface area (Å²) in [7, 11) is 1.36. The first kappa shape index (κ1) is 17.5. The summed E-state index contributed by atoms with van der Waals surface area (Å²) in [5.74, 6) is 0.514. The molecule has 5 nitrogen and oxygen atoms in total. The second-order valence-corrected chi connectivity index (χ2v) is 5.66. The maximum atomic E-state index is 11.5. The second-order valence-electron chi connectivity index (χ2n) is 5.30. The van der Waals surface area contributed by atoms with Gasteiger partial charge in [-0.05, 0) is 24.1 Å². The molecular formula is C17H21ClN2O3. The van der Waals surface area contributed by atoms with E-state index in [4.69, 9.17) is 16.3 Å². The Balaban J connectivity index is 2.25. The number of carbonyl (C=O) groups is 1. The van der Waals surface area contributed by atoms with E-state index in [0.29, 0.717) is 23.0 Å². The minimum atomic E-state index is -0.359. The molecule has 0 amide bonds. The SMILES string of the molecule is CCCCc1nc(Cl)c(CO)n1Cc1ccc(C(=O)OC)cc1. The monoisotopic (exact) mass is 336 g/mol. The van der Waals surface area contributed by atoms with Gasteiger partial charge in [-0.1, -0.05) is 37.1 Å². The number of benzene rings is 1. The number of imidazole rings is 1. The summed E-state index contributed by atoms with van der Waals surface area (Å²) in [6.07, 6.45) is 2.89. The number of halogens is 1. The van der Waals surface area contributed by atoms with Crippen LogP contribution in [0.3, 0.4) is 0 Å². The highest BCUT2D eigenvalue weighted by atomic mass is 35.5. The van der Waals surface area contributed by atoms with Gasteiger partial charge in [0.05, 0.1) is 25.0 Å². The van der Waals surface area contributed by atoms with E-state index in [2.05, 4.69) is 11.9 Å². The van der Waals surface area contributed by atoms with Crippen molar-refractivity contribution < 1.29 is 14.6 Å². The molecule has 0 aliphatic heterocycles. The van der Waals surface area contributed by atoms with Crippen LogP contribution < -0.4 is 0 Å². The lowest BCUT2D eigenvalue weighted by molar-refractivity contribution is 0.0600. The molecule has 2 rings (SSSR count). The number of aryl methyl sites for hydroxylation is 1. The third-order valence-electron chi connectivity index (χ3n) is 3.72. The average molecular weight is 337 g/mol. The average Bonchev–Trinajstić information content (AvgIpc) is 2.87. The fourth-order valence-electron chi connectivity index (χ4n) is 2.42. The molecule has 1 N–H and O–H groups in total. The Labute approximate surface area is 140 Å². The molecule has 0 saturated heterocycles. The molecule has 6 heteroatoms. The number of rotatable bonds is 7. The second kappa shape index (κ2) is 8.13. The van der Waals surface area contributed by atoms with E-state index in [0.717, 1.165) is 30.7 Å². The van der Waals surface area contributed by atoms with Crippen LogP contribution in [0, 0.1) is 0 Å². The molecule has 0 unspecified atom stereocenters. The molecule has 0 aliphatic rings. The lowest BCUT2D eigenvalue weighted by atomic mass is 10.1. The largest absolute Gasteiger partial charge is 0.465 e. The summed E-state index contributed by atoms with van der Waals surface area (Å²) < 4.78 is 6.64. The third kappa shape index (κ3) is 4.12. The van der Waals surface area contributed by atoms with Crippen LogP contribution >= 0.6 is 11.6 Å². The van der Waals surface area contributed by atoms with Gasteiger partial charge in [0, 0.05) is 13.0 Å². The highest BCUT2D eigenvalue weighted by Gasteiger charge is 2.15. The van der Waals surface area contributed by atoms with Gasteiger partial charge in [-0.15, -0.1) is 0 Å². The number of hydrogen-bond acceptors (Lipinski definition) is 4. The van der Waals surface area contributed by atoms with Crippen LogP contribution in [0.4, 0.5) is 0 Å². The number of aliphatic hydroxyl groups excluding tert-OH is 1. The smallest absolute Gasteiger partial charge is 0.337 e. The lowest BCUT2D eigenvalue weighted by Crippen LogP contribution is -2.09. The zero-order chi connectivity index (χ0) is 16.8. The van der Waals surface area contributed by atoms with Gasteiger partial charge in [0.15, 0.2) is 5.15 Å². The molecule has 0 bridgehead atoms. The first-order chi connectivity index (χ1) is 11.1. The van der Waals surface area contributed by atoms with E-state index >= 15 is 0 Å². The zero-order valence-electron chi connectivity index (χ0n) is 13.4. The molecule has 0 radical (unpaired) electrons. The molecule has 0 spiro atoms. The number of ether oxygens (including phenoxy) is 1. The molecule has 23 heavy (non-hydrogen) atoms. The summed E-state index contributed by atoms with van der Waals surface area (Å²) >= 11 is 6.13. The maximum absolute atomic E-state index is 11.5. The van der Waals surface area contributed by atoms with Gasteiger partial charge in [0.2, 0.25) is 0 Å². The first-order valence-electron chi connectivity index (χ1n) is 7.62. The highest BCUT2D eigenvalue weighted by Crippen LogP contribution is 2.21. The number of hydrogen-bond donors (Lipinski definition) is 1. The van der Waals surface area contributed by atoms with Crippen molar-refractivity contribution in [3.8, 4) is 0 Å². The van der Waals surface area contributed by atoms with E-state index in [1.54, 1.807) is 12.1 Å². The molecule has 1 heterocycles. The molecule has 0 fully saturated rings. The molecule has 1 aromatic heterocycles. The summed E-state index contributed by atoms with van der Waals surface area (Å²) in [4.78, 5) is 15.8. The number of aliphatic hydroxyl groups is 1. The van der Waals surface area contributed by atoms with E-state index < -0.39 is 0 Å². The van der Waals surface area contributed by atoms with Gasteiger partial charge in [0.25, 0.3) is 0 Å². The van der Waals surface area contributed by atoms with E-state index in [-0.39, 0.29) is 12.6 Å². The van der Waals surface area contributed by atoms with Gasteiger partial charge in [-0.3, -0.25) is 0 Å². The molecule has 0 saturated carbocycles. The Morgan fingerprint density at radius 3 is 2.61 bits per heavy atom. The fourth-order valence-corrected chi connectivity index (χ4v) is 2.67. The molecule has 0 atom stereocenters. The van der Waals surface area contributed by atoms with Crippen LogP contribution in [0.5, 0.6) is 0 Å². The molecule has 124 valence electrons. The number of esters is 1. The van der Waals surface area contributed by atoms with Crippen molar-refractivity contribution in [2.45, 2.75) is 39.3 Å². The van der Waals surface area contributed by atoms with Crippen molar-refractivity contribution in [3.05, 3.63) is 52.1 Å². The Morgan fingerprint density at radius 2 is 2.04 bits per heavy atom. The van der Waals surface area contributed by atoms with Gasteiger partial charge in [-0.2, -0.15) is 0 Å². The van der Waals surface area contributed by atoms with E-state index in [1.165, 1.54) is 7.11 Å². The lowest BCUT2D eigenvalue weighted by Gasteiger charge is -2.11. The molecule has 1 aromatic carbocycles. The van der Waals surface area contributed by atoms with Crippen molar-refractivity contribution >= 4 is 17.6 Å². The quantitative estimate of drug-likeness (QED) is 0.788. The first-order valence-corrected chi connectivity index (χ1v) is 8.00.